The molecule has 0 saturated heterocycles. The summed E-state index contributed by atoms with van der Waals surface area (Å²) in [6.45, 7) is 4.12. The molecule has 1 N–H and O–H groups in total. The second-order valence-electron chi connectivity index (χ2n) is 4.15. The normalized spacial score (nSPS) is 11.6. The van der Waals surface area contributed by atoms with Gasteiger partial charge in [-0.15, -0.1) is 5.10 Å². The van der Waals surface area contributed by atoms with Gasteiger partial charge in [-0.25, -0.2) is 0 Å². The minimum atomic E-state index is -0.259. The summed E-state index contributed by atoms with van der Waals surface area (Å²) in [5, 5.41) is 8.52. The van der Waals surface area contributed by atoms with Gasteiger partial charge in [-0.2, -0.15) is 0 Å². The number of nitrogens with one attached hydrogen (secondary N) is 1. The van der Waals surface area contributed by atoms with E-state index in [1.54, 1.807) is 0 Å². The first-order valence-corrected chi connectivity index (χ1v) is 8.89. The van der Waals surface area contributed by atoms with E-state index < -0.39 is 0 Å². The number of carbonyl (C=O) groups excluding carboxylic acids is 1. The average Bonchev–Trinajstić information content (AvgIpc) is 2.85. The zero-order valence-electron chi connectivity index (χ0n) is 10.5. The van der Waals surface area contributed by atoms with E-state index in [9.17, 15) is 4.79 Å². The van der Waals surface area contributed by atoms with E-state index in [4.69, 9.17) is 0 Å². The van der Waals surface area contributed by atoms with Crippen LogP contribution in [-0.4, -0.2) is 31.7 Å². The SMILES string of the molecule is CCCc1nnsc1C(=O)NC(CC)(CBr)CBr. The molecule has 1 aromatic rings. The van der Waals surface area contributed by atoms with Crippen LogP contribution in [0.2, 0.25) is 0 Å². The highest BCUT2D eigenvalue weighted by Crippen LogP contribution is 2.20. The van der Waals surface area contributed by atoms with Crippen molar-refractivity contribution in [1.29, 1.82) is 0 Å². The van der Waals surface area contributed by atoms with Crippen LogP contribution in [0.15, 0.2) is 0 Å². The van der Waals surface area contributed by atoms with E-state index in [1.165, 1.54) is 11.5 Å². The third-order valence-corrected chi connectivity index (χ3v) is 5.73. The van der Waals surface area contributed by atoms with Crippen LogP contribution < -0.4 is 5.32 Å². The van der Waals surface area contributed by atoms with Crippen LogP contribution in [0.1, 0.15) is 42.1 Å². The first kappa shape index (κ1) is 16.0. The zero-order chi connectivity index (χ0) is 13.6. The molecule has 0 unspecified atom stereocenters. The van der Waals surface area contributed by atoms with E-state index in [-0.39, 0.29) is 11.4 Å². The molecule has 0 spiro atoms. The van der Waals surface area contributed by atoms with Crippen LogP contribution in [-0.2, 0) is 6.42 Å². The van der Waals surface area contributed by atoms with Crippen molar-refractivity contribution >= 4 is 49.3 Å². The van der Waals surface area contributed by atoms with Gasteiger partial charge in [-0.1, -0.05) is 56.6 Å². The van der Waals surface area contributed by atoms with E-state index in [2.05, 4.69) is 60.6 Å². The molecule has 0 aliphatic rings. The first-order chi connectivity index (χ1) is 8.62. The summed E-state index contributed by atoms with van der Waals surface area (Å²) in [5.74, 6) is -0.0748. The van der Waals surface area contributed by atoms with Crippen LogP contribution in [0, 0.1) is 0 Å². The van der Waals surface area contributed by atoms with Gasteiger partial charge in [-0.05, 0) is 24.4 Å². The number of aromatic nitrogens is 2. The second kappa shape index (κ2) is 7.55. The molecule has 0 aromatic carbocycles. The summed E-state index contributed by atoms with van der Waals surface area (Å²) >= 11 is 8.09. The lowest BCUT2D eigenvalue weighted by molar-refractivity contribution is 0.0918. The Morgan fingerprint density at radius 2 is 2.06 bits per heavy atom. The number of alkyl halides is 2. The van der Waals surface area contributed by atoms with Crippen LogP contribution >= 0.6 is 43.4 Å². The van der Waals surface area contributed by atoms with Crippen LogP contribution in [0.3, 0.4) is 0 Å². The highest BCUT2D eigenvalue weighted by molar-refractivity contribution is 9.09. The molecule has 7 heteroatoms. The van der Waals surface area contributed by atoms with Crippen LogP contribution in [0.4, 0.5) is 0 Å². The average molecular weight is 399 g/mol. The Kier molecular flexibility index (Phi) is 6.73. The van der Waals surface area contributed by atoms with Gasteiger partial charge >= 0.3 is 0 Å². The summed E-state index contributed by atoms with van der Waals surface area (Å²) in [6.07, 6.45) is 2.60. The van der Waals surface area contributed by atoms with Crippen LogP contribution in [0.5, 0.6) is 0 Å². The first-order valence-electron chi connectivity index (χ1n) is 5.88. The molecule has 0 bridgehead atoms. The van der Waals surface area contributed by atoms with Crippen molar-refractivity contribution in [2.75, 3.05) is 10.7 Å². The standard InChI is InChI=1S/C11H17Br2N3OS/c1-3-5-8-9(18-16-15-8)10(17)14-11(4-2,6-12)7-13/h3-7H2,1-2H3,(H,14,17). The maximum Gasteiger partial charge on any atom is 0.265 e. The fourth-order valence-electron chi connectivity index (χ4n) is 1.46. The molecule has 18 heavy (non-hydrogen) atoms. The molecule has 102 valence electrons. The van der Waals surface area contributed by atoms with Crippen LogP contribution in [0.25, 0.3) is 0 Å². The number of halogens is 2. The number of hydrogen-bond acceptors (Lipinski definition) is 4. The molecule has 4 nitrogen and oxygen atoms in total. The van der Waals surface area contributed by atoms with Crippen molar-refractivity contribution in [3.05, 3.63) is 10.6 Å². The Balaban J connectivity index is 2.84. The zero-order valence-corrected chi connectivity index (χ0v) is 14.5. The van der Waals surface area contributed by atoms with Crippen molar-refractivity contribution in [2.45, 2.75) is 38.6 Å². The number of carbonyl (C=O) groups is 1. The lowest BCUT2D eigenvalue weighted by atomic mass is 10.0. The van der Waals surface area contributed by atoms with E-state index >= 15 is 0 Å². The predicted octanol–water partition coefficient (Wildman–Crippen LogP) is 3.16. The molecule has 1 amide bonds. The number of nitrogens with zero attached hydrogens (tertiary/aromatic N) is 2. The Hall–Kier alpha value is -0.0100. The predicted molar refractivity (Wildman–Crippen MR) is 82.0 cm³/mol. The van der Waals surface area contributed by atoms with E-state index in [1.807, 2.05) is 0 Å². The molecule has 1 aromatic heterocycles. The van der Waals surface area contributed by atoms with Crippen molar-refractivity contribution in [1.82, 2.24) is 14.9 Å². The molecule has 0 aliphatic carbocycles. The molecule has 1 rings (SSSR count). The Bertz CT molecular complexity index is 385. The maximum absolute atomic E-state index is 12.3. The summed E-state index contributed by atoms with van der Waals surface area (Å²) < 4.78 is 3.88. The van der Waals surface area contributed by atoms with Crippen molar-refractivity contribution in [3.63, 3.8) is 0 Å². The largest absolute Gasteiger partial charge is 0.344 e. The third-order valence-electron chi connectivity index (χ3n) is 2.82. The number of aryl methyl sites for hydroxylation is 1. The molecule has 0 fully saturated rings. The Labute approximate surface area is 128 Å². The molecule has 0 aliphatic heterocycles. The smallest absolute Gasteiger partial charge is 0.265 e. The van der Waals surface area contributed by atoms with E-state index in [0.29, 0.717) is 15.5 Å². The fraction of sp³-hybridized carbons (Fsp3) is 0.727. The third kappa shape index (κ3) is 3.74. The van der Waals surface area contributed by atoms with Gasteiger partial charge in [0.1, 0.15) is 4.88 Å². The lowest BCUT2D eigenvalue weighted by Crippen LogP contribution is -2.51. The quantitative estimate of drug-likeness (QED) is 0.717. The number of hydrogen-bond donors (Lipinski definition) is 1. The van der Waals surface area contributed by atoms with Gasteiger partial charge in [0, 0.05) is 10.7 Å². The summed E-state index contributed by atoms with van der Waals surface area (Å²) in [5.41, 5.74) is 0.541. The second-order valence-corrected chi connectivity index (χ2v) is 6.03. The molecule has 0 radical (unpaired) electrons. The number of amides is 1. The summed E-state index contributed by atoms with van der Waals surface area (Å²) in [4.78, 5) is 12.9. The van der Waals surface area contributed by atoms with Crippen molar-refractivity contribution in [3.8, 4) is 0 Å². The Morgan fingerprint density at radius 1 is 1.39 bits per heavy atom. The highest BCUT2D eigenvalue weighted by atomic mass is 79.9. The minimum absolute atomic E-state index is 0.0748. The minimum Gasteiger partial charge on any atom is -0.344 e. The summed E-state index contributed by atoms with van der Waals surface area (Å²) in [7, 11) is 0. The maximum atomic E-state index is 12.3. The number of rotatable bonds is 7. The van der Waals surface area contributed by atoms with Gasteiger partial charge in [0.15, 0.2) is 0 Å². The molecular weight excluding hydrogens is 382 g/mol. The van der Waals surface area contributed by atoms with Gasteiger partial charge < -0.3 is 5.32 Å². The molecule has 1 heterocycles. The molecular formula is C11H17Br2N3OS. The topological polar surface area (TPSA) is 54.9 Å². The monoisotopic (exact) mass is 397 g/mol. The Morgan fingerprint density at radius 3 is 2.56 bits per heavy atom. The van der Waals surface area contributed by atoms with Crippen molar-refractivity contribution in [2.24, 2.45) is 0 Å². The van der Waals surface area contributed by atoms with E-state index in [0.717, 1.165) is 25.0 Å². The van der Waals surface area contributed by atoms with Gasteiger partial charge in [-0.3, -0.25) is 4.79 Å². The lowest BCUT2D eigenvalue weighted by Gasteiger charge is -2.29. The van der Waals surface area contributed by atoms with Gasteiger partial charge in [0.2, 0.25) is 0 Å². The van der Waals surface area contributed by atoms with Gasteiger partial charge in [0.25, 0.3) is 5.91 Å². The fourth-order valence-corrected chi connectivity index (χ4v) is 4.06. The van der Waals surface area contributed by atoms with Gasteiger partial charge in [0.05, 0.1) is 11.2 Å². The molecule has 0 saturated carbocycles. The van der Waals surface area contributed by atoms with Crippen molar-refractivity contribution < 1.29 is 4.79 Å². The highest BCUT2D eigenvalue weighted by Gasteiger charge is 2.29. The summed E-state index contributed by atoms with van der Waals surface area (Å²) in [6, 6.07) is 0. The molecule has 0 atom stereocenters.